The highest BCUT2D eigenvalue weighted by atomic mass is 32.2. The lowest BCUT2D eigenvalue weighted by molar-refractivity contribution is -0.167. The van der Waals surface area contributed by atoms with Gasteiger partial charge in [-0.25, -0.2) is 4.99 Å². The summed E-state index contributed by atoms with van der Waals surface area (Å²) < 4.78 is 38.2. The molecule has 2 aliphatic heterocycles. The molecule has 2 amide bonds. The number of benzene rings is 3. The van der Waals surface area contributed by atoms with Crippen LogP contribution in [0.5, 0.6) is 0 Å². The van der Waals surface area contributed by atoms with Gasteiger partial charge in [-0.2, -0.15) is 18.4 Å². The molecule has 3 aromatic rings. The van der Waals surface area contributed by atoms with Crippen LogP contribution in [-0.4, -0.2) is 35.1 Å². The smallest absolute Gasteiger partial charge is 0.337 e. The van der Waals surface area contributed by atoms with Crippen LogP contribution in [0.2, 0.25) is 0 Å². The van der Waals surface area contributed by atoms with Crippen LogP contribution in [0.3, 0.4) is 0 Å². The lowest BCUT2D eigenvalue weighted by Gasteiger charge is -2.17. The zero-order valence-electron chi connectivity index (χ0n) is 21.1. The Morgan fingerprint density at radius 1 is 1.07 bits per heavy atom. The molecule has 0 unspecified atom stereocenters. The van der Waals surface area contributed by atoms with Gasteiger partial charge in [0.1, 0.15) is 4.91 Å². The van der Waals surface area contributed by atoms with Crippen LogP contribution in [0.15, 0.2) is 86.6 Å². The molecule has 0 aliphatic carbocycles. The second-order valence-electron chi connectivity index (χ2n) is 8.92. The molecular formula is C28H20F3N5O2S2. The predicted molar refractivity (Wildman–Crippen MR) is 150 cm³/mol. The Hall–Kier alpha value is -4.21. The summed E-state index contributed by atoms with van der Waals surface area (Å²) in [5, 5.41) is 12.3. The number of hydrogen-bond donors (Lipinski definition) is 1. The molecule has 202 valence electrons. The summed E-state index contributed by atoms with van der Waals surface area (Å²) in [6, 6.07) is 21.2. The lowest BCUT2D eigenvalue weighted by atomic mass is 10.1. The fourth-order valence-corrected chi connectivity index (χ4v) is 6.37. The predicted octanol–water partition coefficient (Wildman–Crippen LogP) is 6.54. The first-order valence-electron chi connectivity index (χ1n) is 11.9. The highest BCUT2D eigenvalue weighted by Crippen LogP contribution is 2.51. The van der Waals surface area contributed by atoms with Crippen LogP contribution in [0.1, 0.15) is 16.7 Å². The standard InChI is InChI=1S/C28H20F3N5O2S2/c1-16-8-9-18(14-32)12-20(16)34-27-36(15-17-6-4-3-5-7-17)24(37)23(40-27)25-35(2)21-13-19(10-11-22(21)39-25)33-26(38)28(29,30)31/h3-13H,15H2,1-2H3,(H,33,38)/b25-23-,34-27?. The summed E-state index contributed by atoms with van der Waals surface area (Å²) in [6.07, 6.45) is -5.01. The summed E-state index contributed by atoms with van der Waals surface area (Å²) in [5.74, 6) is -2.33. The average molecular weight is 580 g/mol. The molecule has 0 atom stereocenters. The number of thioether (sulfide) groups is 2. The SMILES string of the molecule is Cc1ccc(C#N)cc1N=C1S/C(=C2\Sc3ccc(NC(=O)C(F)(F)F)cc3N2C)C(=O)N1Cc1ccccc1. The number of halogens is 3. The Morgan fingerprint density at radius 3 is 2.52 bits per heavy atom. The topological polar surface area (TPSA) is 88.8 Å². The van der Waals surface area contributed by atoms with E-state index < -0.39 is 12.1 Å². The van der Waals surface area contributed by atoms with Crippen LogP contribution in [0.4, 0.5) is 30.2 Å². The number of aliphatic imine (C=N–C) groups is 1. The first kappa shape index (κ1) is 27.4. The molecule has 3 aromatic carbocycles. The summed E-state index contributed by atoms with van der Waals surface area (Å²) in [4.78, 5) is 34.4. The normalized spacial score (nSPS) is 17.8. The third-order valence-corrected chi connectivity index (χ3v) is 8.57. The number of nitriles is 1. The van der Waals surface area contributed by atoms with Crippen molar-refractivity contribution >= 4 is 57.6 Å². The van der Waals surface area contributed by atoms with Gasteiger partial charge < -0.3 is 10.2 Å². The van der Waals surface area contributed by atoms with Crippen molar-refractivity contribution in [3.05, 3.63) is 93.4 Å². The van der Waals surface area contributed by atoms with Gasteiger partial charge >= 0.3 is 12.1 Å². The third kappa shape index (κ3) is 5.43. The maximum absolute atomic E-state index is 13.8. The summed E-state index contributed by atoms with van der Waals surface area (Å²) in [5.41, 5.74) is 3.30. The molecule has 0 saturated carbocycles. The largest absolute Gasteiger partial charge is 0.471 e. The molecule has 12 heteroatoms. The first-order valence-corrected chi connectivity index (χ1v) is 13.5. The van der Waals surface area contributed by atoms with Gasteiger partial charge in [0.25, 0.3) is 5.91 Å². The molecule has 0 aromatic heterocycles. The minimum atomic E-state index is -5.01. The number of alkyl halides is 3. The van der Waals surface area contributed by atoms with Crippen LogP contribution in [0.25, 0.3) is 0 Å². The second-order valence-corrected chi connectivity index (χ2v) is 10.9. The van der Waals surface area contributed by atoms with Crippen molar-refractivity contribution < 1.29 is 22.8 Å². The number of carbonyl (C=O) groups excluding carboxylic acids is 2. The Labute approximate surface area is 236 Å². The third-order valence-electron chi connectivity index (χ3n) is 6.14. The Balaban J connectivity index is 1.52. The molecule has 0 radical (unpaired) electrons. The molecule has 2 heterocycles. The van der Waals surface area contributed by atoms with Crippen molar-refractivity contribution in [2.45, 2.75) is 24.5 Å². The molecule has 0 bridgehead atoms. The van der Waals surface area contributed by atoms with Crippen molar-refractivity contribution in [2.75, 3.05) is 17.3 Å². The van der Waals surface area contributed by atoms with E-state index in [2.05, 4.69) is 6.07 Å². The van der Waals surface area contributed by atoms with Crippen molar-refractivity contribution in [1.29, 1.82) is 5.26 Å². The van der Waals surface area contributed by atoms with E-state index in [-0.39, 0.29) is 18.1 Å². The monoisotopic (exact) mass is 579 g/mol. The number of hydrogen-bond acceptors (Lipinski definition) is 7. The minimum absolute atomic E-state index is 0.00835. The van der Waals surface area contributed by atoms with E-state index in [1.807, 2.05) is 42.6 Å². The van der Waals surface area contributed by atoms with Gasteiger partial charge in [0.15, 0.2) is 5.17 Å². The van der Waals surface area contributed by atoms with E-state index in [4.69, 9.17) is 4.99 Å². The minimum Gasteiger partial charge on any atom is -0.337 e. The van der Waals surface area contributed by atoms with Crippen molar-refractivity contribution in [3.8, 4) is 6.07 Å². The molecule has 7 nitrogen and oxygen atoms in total. The summed E-state index contributed by atoms with van der Waals surface area (Å²) >= 11 is 2.50. The van der Waals surface area contributed by atoms with Crippen LogP contribution >= 0.6 is 23.5 Å². The molecule has 2 aliphatic rings. The lowest BCUT2D eigenvalue weighted by Crippen LogP contribution is -2.30. The second kappa shape index (κ2) is 10.7. The average Bonchev–Trinajstić information content (AvgIpc) is 3.41. The number of fused-ring (bicyclic) bond motifs is 1. The number of nitrogens with one attached hydrogen (secondary N) is 1. The van der Waals surface area contributed by atoms with E-state index >= 15 is 0 Å². The number of anilines is 2. The van der Waals surface area contributed by atoms with Crippen molar-refractivity contribution in [3.63, 3.8) is 0 Å². The number of aryl methyl sites for hydroxylation is 1. The summed E-state index contributed by atoms with van der Waals surface area (Å²) in [7, 11) is 1.71. The van der Waals surface area contributed by atoms with Crippen molar-refractivity contribution in [1.82, 2.24) is 4.90 Å². The van der Waals surface area contributed by atoms with E-state index in [1.165, 1.54) is 35.7 Å². The highest BCUT2D eigenvalue weighted by Gasteiger charge is 2.41. The van der Waals surface area contributed by atoms with Gasteiger partial charge in [0.2, 0.25) is 0 Å². The fourth-order valence-electron chi connectivity index (χ4n) is 4.05. The van der Waals surface area contributed by atoms with E-state index in [9.17, 15) is 28.0 Å². The number of amides is 2. The molecule has 0 spiro atoms. The summed E-state index contributed by atoms with van der Waals surface area (Å²) in [6.45, 7) is 2.14. The van der Waals surface area contributed by atoms with E-state index in [1.54, 1.807) is 41.1 Å². The van der Waals surface area contributed by atoms with Crippen LogP contribution < -0.4 is 10.2 Å². The van der Waals surface area contributed by atoms with E-state index in [0.29, 0.717) is 32.0 Å². The molecule has 1 fully saturated rings. The molecule has 1 saturated heterocycles. The number of amidine groups is 1. The van der Waals surface area contributed by atoms with Crippen LogP contribution in [0, 0.1) is 18.3 Å². The molecule has 5 rings (SSSR count). The van der Waals surface area contributed by atoms with Gasteiger partial charge in [0, 0.05) is 17.6 Å². The Kier molecular flexibility index (Phi) is 7.35. The zero-order chi connectivity index (χ0) is 28.6. The van der Waals surface area contributed by atoms with Gasteiger partial charge in [-0.1, -0.05) is 48.2 Å². The number of rotatable bonds is 4. The maximum atomic E-state index is 13.8. The van der Waals surface area contributed by atoms with Gasteiger partial charge in [-0.05, 0) is 60.1 Å². The molecule has 1 N–H and O–H groups in total. The Bertz CT molecular complexity index is 1630. The number of carbonyl (C=O) groups is 2. The molecule has 40 heavy (non-hydrogen) atoms. The number of nitrogens with zero attached hydrogens (tertiary/aromatic N) is 4. The fraction of sp³-hybridized carbons (Fsp3) is 0.143. The highest BCUT2D eigenvalue weighted by molar-refractivity contribution is 8.19. The quantitative estimate of drug-likeness (QED) is 0.353. The van der Waals surface area contributed by atoms with Crippen LogP contribution in [-0.2, 0) is 16.1 Å². The van der Waals surface area contributed by atoms with E-state index in [0.717, 1.165) is 16.0 Å². The van der Waals surface area contributed by atoms with Gasteiger partial charge in [-0.15, -0.1) is 0 Å². The zero-order valence-corrected chi connectivity index (χ0v) is 22.7. The van der Waals surface area contributed by atoms with Gasteiger partial charge in [0.05, 0.1) is 34.6 Å². The Morgan fingerprint density at radius 2 is 1.82 bits per heavy atom. The van der Waals surface area contributed by atoms with Gasteiger partial charge in [-0.3, -0.25) is 14.5 Å². The first-order chi connectivity index (χ1) is 19.0. The molecular weight excluding hydrogens is 559 g/mol. The maximum Gasteiger partial charge on any atom is 0.471 e. The van der Waals surface area contributed by atoms with Crippen molar-refractivity contribution in [2.24, 2.45) is 4.99 Å².